The smallest absolute Gasteiger partial charge is 0.256 e. The van der Waals surface area contributed by atoms with Gasteiger partial charge in [-0.15, -0.1) is 11.3 Å². The molecule has 1 amide bonds. The molecule has 0 unspecified atom stereocenters. The zero-order valence-corrected chi connectivity index (χ0v) is 24.9. The first-order valence-corrected chi connectivity index (χ1v) is 14.5. The van der Waals surface area contributed by atoms with Crippen LogP contribution in [0.5, 0.6) is 5.75 Å². The summed E-state index contributed by atoms with van der Waals surface area (Å²) in [5.74, 6) is -2.28. The van der Waals surface area contributed by atoms with E-state index >= 15 is 4.39 Å². The SMILES string of the molecule is C=CC(=O)N[C@H](C)c1cc(-c2nc(-c3ccc(=O)n(CC(F)F)c3)c3ccsc3c2-c2c(F)cc(F)cc2OCCOC)n[nH]1. The quantitative estimate of drug-likeness (QED) is 0.0966. The number of carbonyl (C=O) groups excluding carboxylic acids is 1. The zero-order valence-electron chi connectivity index (χ0n) is 24.1. The molecule has 0 radical (unpaired) electrons. The lowest BCUT2D eigenvalue weighted by Gasteiger charge is -2.17. The van der Waals surface area contributed by atoms with Crippen LogP contribution in [0.4, 0.5) is 17.6 Å². The molecule has 14 heteroatoms. The second-order valence-electron chi connectivity index (χ2n) is 9.89. The highest BCUT2D eigenvalue weighted by Crippen LogP contribution is 2.47. The Balaban J connectivity index is 1.79. The van der Waals surface area contributed by atoms with Crippen LogP contribution in [0.25, 0.3) is 43.9 Å². The predicted molar refractivity (Wildman–Crippen MR) is 162 cm³/mol. The Labute approximate surface area is 258 Å². The summed E-state index contributed by atoms with van der Waals surface area (Å²) in [6, 6.07) is 7.25. The minimum atomic E-state index is -2.77. The summed E-state index contributed by atoms with van der Waals surface area (Å²) >= 11 is 1.24. The average molecular weight is 642 g/mol. The van der Waals surface area contributed by atoms with E-state index in [1.54, 1.807) is 24.4 Å². The molecule has 0 bridgehead atoms. The molecule has 4 aromatic heterocycles. The number of aromatic nitrogens is 4. The van der Waals surface area contributed by atoms with Crippen molar-refractivity contribution in [3.8, 4) is 39.5 Å². The minimum absolute atomic E-state index is 0.000424. The second-order valence-corrected chi connectivity index (χ2v) is 10.8. The lowest BCUT2D eigenvalue weighted by atomic mass is 9.96. The Morgan fingerprint density at radius 1 is 1.16 bits per heavy atom. The Morgan fingerprint density at radius 3 is 2.69 bits per heavy atom. The lowest BCUT2D eigenvalue weighted by molar-refractivity contribution is -0.117. The third-order valence-electron chi connectivity index (χ3n) is 6.86. The number of amides is 1. The first-order valence-electron chi connectivity index (χ1n) is 13.6. The van der Waals surface area contributed by atoms with E-state index in [-0.39, 0.29) is 41.5 Å². The number of nitrogens with one attached hydrogen (secondary N) is 2. The van der Waals surface area contributed by atoms with Gasteiger partial charge >= 0.3 is 0 Å². The average Bonchev–Trinajstić information content (AvgIpc) is 3.68. The van der Waals surface area contributed by atoms with Gasteiger partial charge in [0.1, 0.15) is 35.4 Å². The number of alkyl halides is 2. The fraction of sp³-hybridized carbons (Fsp3) is 0.226. The lowest BCUT2D eigenvalue weighted by Crippen LogP contribution is -2.24. The van der Waals surface area contributed by atoms with Crippen molar-refractivity contribution in [3.05, 3.63) is 88.3 Å². The predicted octanol–water partition coefficient (Wildman–Crippen LogP) is 6.11. The maximum absolute atomic E-state index is 15.8. The van der Waals surface area contributed by atoms with E-state index in [9.17, 15) is 22.8 Å². The number of pyridine rings is 2. The van der Waals surface area contributed by atoms with Crippen LogP contribution in [0.3, 0.4) is 0 Å². The van der Waals surface area contributed by atoms with Crippen molar-refractivity contribution in [2.45, 2.75) is 25.9 Å². The first-order chi connectivity index (χ1) is 21.6. The Bertz CT molecular complexity index is 1940. The van der Waals surface area contributed by atoms with E-state index in [1.165, 1.54) is 36.8 Å². The van der Waals surface area contributed by atoms with Crippen LogP contribution < -0.4 is 15.6 Å². The fourth-order valence-corrected chi connectivity index (χ4v) is 5.74. The van der Waals surface area contributed by atoms with Gasteiger partial charge in [0, 0.05) is 52.7 Å². The number of aromatic amines is 1. The molecule has 9 nitrogen and oxygen atoms in total. The van der Waals surface area contributed by atoms with Gasteiger partial charge in [-0.25, -0.2) is 22.5 Å². The van der Waals surface area contributed by atoms with E-state index in [2.05, 4.69) is 22.1 Å². The van der Waals surface area contributed by atoms with Crippen LogP contribution in [-0.2, 0) is 16.1 Å². The van der Waals surface area contributed by atoms with E-state index in [0.29, 0.717) is 27.0 Å². The molecule has 0 spiro atoms. The Hall–Kier alpha value is -4.82. The zero-order chi connectivity index (χ0) is 32.2. The molecular formula is C31H27F4N5O4S. The van der Waals surface area contributed by atoms with E-state index in [1.807, 2.05) is 0 Å². The number of hydrogen-bond acceptors (Lipinski definition) is 7. The summed E-state index contributed by atoms with van der Waals surface area (Å²) in [4.78, 5) is 29.1. The van der Waals surface area contributed by atoms with Gasteiger partial charge in [-0.1, -0.05) is 6.58 Å². The van der Waals surface area contributed by atoms with Crippen molar-refractivity contribution < 1.29 is 31.8 Å². The highest BCUT2D eigenvalue weighted by Gasteiger charge is 2.27. The maximum atomic E-state index is 15.8. The van der Waals surface area contributed by atoms with E-state index in [4.69, 9.17) is 14.5 Å². The van der Waals surface area contributed by atoms with Gasteiger partial charge in [0.15, 0.2) is 0 Å². The number of thiophene rings is 1. The van der Waals surface area contributed by atoms with Crippen molar-refractivity contribution in [3.63, 3.8) is 0 Å². The number of hydrogen-bond donors (Lipinski definition) is 2. The molecule has 0 saturated heterocycles. The van der Waals surface area contributed by atoms with Gasteiger partial charge in [-0.2, -0.15) is 5.10 Å². The number of nitrogens with zero attached hydrogens (tertiary/aromatic N) is 3. The normalized spacial score (nSPS) is 12.1. The number of carbonyl (C=O) groups is 1. The van der Waals surface area contributed by atoms with Crippen LogP contribution in [0.1, 0.15) is 18.7 Å². The van der Waals surface area contributed by atoms with Crippen LogP contribution in [0.2, 0.25) is 0 Å². The molecular weight excluding hydrogens is 614 g/mol. The van der Waals surface area contributed by atoms with Crippen LogP contribution in [0, 0.1) is 11.6 Å². The molecule has 5 aromatic rings. The highest BCUT2D eigenvalue weighted by molar-refractivity contribution is 7.18. The number of halogens is 4. The maximum Gasteiger partial charge on any atom is 0.256 e. The molecule has 1 atom stereocenters. The number of benzene rings is 1. The van der Waals surface area contributed by atoms with Crippen molar-refractivity contribution in [1.82, 2.24) is 25.1 Å². The molecule has 0 aliphatic heterocycles. The molecule has 0 aliphatic rings. The topological polar surface area (TPSA) is 111 Å². The third kappa shape index (κ3) is 6.66. The molecule has 2 N–H and O–H groups in total. The summed E-state index contributed by atoms with van der Waals surface area (Å²) < 4.78 is 69.0. The van der Waals surface area contributed by atoms with Gasteiger partial charge in [0.2, 0.25) is 5.91 Å². The van der Waals surface area contributed by atoms with Crippen molar-refractivity contribution >= 4 is 27.3 Å². The molecule has 0 saturated carbocycles. The second kappa shape index (κ2) is 13.4. The number of methoxy groups -OCH3 is 1. The summed E-state index contributed by atoms with van der Waals surface area (Å²) in [5.41, 5.74) is 1.10. The number of rotatable bonds is 12. The van der Waals surface area contributed by atoms with Gasteiger partial charge in [0.25, 0.3) is 12.0 Å². The van der Waals surface area contributed by atoms with Crippen LogP contribution in [-0.4, -0.2) is 52.4 Å². The first kappa shape index (κ1) is 31.6. The van der Waals surface area contributed by atoms with Gasteiger partial charge in [-0.3, -0.25) is 14.7 Å². The molecule has 0 aliphatic carbocycles. The molecule has 4 heterocycles. The summed E-state index contributed by atoms with van der Waals surface area (Å²) in [5, 5.41) is 12.3. The largest absolute Gasteiger partial charge is 0.490 e. The summed E-state index contributed by atoms with van der Waals surface area (Å²) in [6.45, 7) is 4.51. The van der Waals surface area contributed by atoms with E-state index in [0.717, 1.165) is 22.8 Å². The Morgan fingerprint density at radius 2 is 1.96 bits per heavy atom. The molecule has 234 valence electrons. The minimum Gasteiger partial charge on any atom is -0.490 e. The van der Waals surface area contributed by atoms with Crippen LogP contribution >= 0.6 is 11.3 Å². The van der Waals surface area contributed by atoms with Gasteiger partial charge in [-0.05, 0) is 36.6 Å². The molecule has 0 fully saturated rings. The van der Waals surface area contributed by atoms with Gasteiger partial charge in [0.05, 0.1) is 36.1 Å². The standard InChI is InChI=1S/C31H27F4N5O4S/c1-4-25(41)36-16(2)21-13-22(39-38-21)30-28(27-20(33)11-18(32)12-23(27)44-9-8-43-3)31-19(7-10-45-31)29(37-30)17-5-6-26(42)40(14-17)15-24(34)35/h4-7,10-14,16,24H,1,8-9,15H2,2-3H3,(H,36,41)(H,38,39)/t16-/m1/s1. The van der Waals surface area contributed by atoms with E-state index < -0.39 is 42.1 Å². The molecule has 45 heavy (non-hydrogen) atoms. The van der Waals surface area contributed by atoms with Crippen molar-refractivity contribution in [2.24, 2.45) is 0 Å². The number of fused-ring (bicyclic) bond motifs is 1. The third-order valence-corrected chi connectivity index (χ3v) is 7.80. The monoisotopic (exact) mass is 641 g/mol. The molecule has 5 rings (SSSR count). The van der Waals surface area contributed by atoms with Crippen molar-refractivity contribution in [1.29, 1.82) is 0 Å². The number of H-pyrrole nitrogens is 1. The summed E-state index contributed by atoms with van der Waals surface area (Å²) in [6.07, 6.45) is -0.354. The van der Waals surface area contributed by atoms with Gasteiger partial charge < -0.3 is 19.4 Å². The fourth-order valence-electron chi connectivity index (χ4n) is 4.80. The van der Waals surface area contributed by atoms with Crippen LogP contribution in [0.15, 0.2) is 65.4 Å². The summed E-state index contributed by atoms with van der Waals surface area (Å²) in [7, 11) is 1.46. The van der Waals surface area contributed by atoms with Crippen molar-refractivity contribution in [2.75, 3.05) is 20.3 Å². The number of ether oxygens (including phenoxy) is 2. The highest BCUT2D eigenvalue weighted by atomic mass is 32.1. The molecule has 1 aromatic carbocycles. The Kier molecular flexibility index (Phi) is 9.44.